The van der Waals surface area contributed by atoms with Crippen LogP contribution >= 0.6 is 23.2 Å². The Morgan fingerprint density at radius 2 is 1.53 bits per heavy atom. The summed E-state index contributed by atoms with van der Waals surface area (Å²) >= 11 is 12.5. The van der Waals surface area contributed by atoms with Gasteiger partial charge in [-0.15, -0.1) is 23.2 Å². The molecule has 0 radical (unpaired) electrons. The highest BCUT2D eigenvalue weighted by Crippen LogP contribution is 2.30. The van der Waals surface area contributed by atoms with Gasteiger partial charge in [0.2, 0.25) is 0 Å². The minimum atomic E-state index is -0.772. The molecule has 0 fully saturated rings. The van der Waals surface area contributed by atoms with Crippen LogP contribution in [0.1, 0.15) is 26.9 Å². The first kappa shape index (κ1) is 14.1. The van der Waals surface area contributed by atoms with E-state index < -0.39 is 10.8 Å². The third kappa shape index (κ3) is 3.37. The van der Waals surface area contributed by atoms with Crippen molar-refractivity contribution < 1.29 is 4.79 Å². The summed E-state index contributed by atoms with van der Waals surface area (Å²) in [5.74, 6) is -0.148. The monoisotopic (exact) mass is 292 g/mol. The molecule has 2 rings (SSSR count). The van der Waals surface area contributed by atoms with Crippen LogP contribution in [0.25, 0.3) is 0 Å². The van der Waals surface area contributed by atoms with Crippen molar-refractivity contribution in [2.45, 2.75) is 17.7 Å². The molecule has 2 atom stereocenters. The number of alkyl halides is 2. The van der Waals surface area contributed by atoms with Gasteiger partial charge in [0.05, 0.1) is 5.38 Å². The molecule has 0 aromatic heterocycles. The third-order valence-electron chi connectivity index (χ3n) is 2.96. The molecule has 0 amide bonds. The second kappa shape index (κ2) is 6.23. The molecule has 98 valence electrons. The van der Waals surface area contributed by atoms with Crippen molar-refractivity contribution >= 4 is 29.0 Å². The number of carbonyl (C=O) groups excluding carboxylic acids is 1. The maximum absolute atomic E-state index is 12.3. The van der Waals surface area contributed by atoms with Crippen LogP contribution in [0.15, 0.2) is 54.6 Å². The molecule has 2 aromatic rings. The average Bonchev–Trinajstić information content (AvgIpc) is 2.46. The zero-order valence-corrected chi connectivity index (χ0v) is 12.0. The smallest absolute Gasteiger partial charge is 0.182 e. The minimum absolute atomic E-state index is 0.148. The van der Waals surface area contributed by atoms with Gasteiger partial charge in [0, 0.05) is 5.56 Å². The van der Waals surface area contributed by atoms with Gasteiger partial charge < -0.3 is 0 Å². The van der Waals surface area contributed by atoms with Crippen LogP contribution in [-0.2, 0) is 0 Å². The van der Waals surface area contributed by atoms with Crippen molar-refractivity contribution in [1.82, 2.24) is 0 Å². The largest absolute Gasteiger partial charge is 0.292 e. The number of Topliss-reactive ketones (excluding diaryl/α,β-unsaturated/α-hetero) is 1. The van der Waals surface area contributed by atoms with Crippen LogP contribution in [-0.4, -0.2) is 11.2 Å². The fraction of sp³-hybridized carbons (Fsp3) is 0.188. The average molecular weight is 293 g/mol. The lowest BCUT2D eigenvalue weighted by Gasteiger charge is -2.15. The first-order valence-electron chi connectivity index (χ1n) is 6.03. The Bertz CT molecular complexity index is 549. The molecule has 0 bridgehead atoms. The van der Waals surface area contributed by atoms with Crippen LogP contribution in [0.2, 0.25) is 0 Å². The Kier molecular flexibility index (Phi) is 4.62. The SMILES string of the molecule is Cc1ccc(C(=O)[C@H](Cl)[C@H](Cl)c2ccccc2)cc1. The Balaban J connectivity index is 2.17. The van der Waals surface area contributed by atoms with E-state index in [2.05, 4.69) is 0 Å². The van der Waals surface area contributed by atoms with E-state index in [1.807, 2.05) is 49.4 Å². The molecule has 0 saturated carbocycles. The van der Waals surface area contributed by atoms with Crippen LogP contribution in [0.3, 0.4) is 0 Å². The number of hydrogen-bond acceptors (Lipinski definition) is 1. The van der Waals surface area contributed by atoms with E-state index in [4.69, 9.17) is 23.2 Å². The van der Waals surface area contributed by atoms with Crippen LogP contribution in [0, 0.1) is 6.92 Å². The van der Waals surface area contributed by atoms with Crippen molar-refractivity contribution in [2.24, 2.45) is 0 Å². The van der Waals surface area contributed by atoms with Gasteiger partial charge in [0.25, 0.3) is 0 Å². The van der Waals surface area contributed by atoms with Crippen LogP contribution in [0.4, 0.5) is 0 Å². The molecular formula is C16H14Cl2O. The Hall–Kier alpha value is -1.31. The lowest BCUT2D eigenvalue weighted by Crippen LogP contribution is -2.20. The topological polar surface area (TPSA) is 17.1 Å². The third-order valence-corrected chi connectivity index (χ3v) is 4.04. The fourth-order valence-electron chi connectivity index (χ4n) is 1.82. The van der Waals surface area contributed by atoms with Gasteiger partial charge in [-0.25, -0.2) is 0 Å². The summed E-state index contributed by atoms with van der Waals surface area (Å²) in [6.45, 7) is 1.97. The normalized spacial score (nSPS) is 13.8. The summed E-state index contributed by atoms with van der Waals surface area (Å²) in [7, 11) is 0. The first-order valence-corrected chi connectivity index (χ1v) is 6.91. The number of ketones is 1. The molecule has 0 N–H and O–H groups in total. The van der Waals surface area contributed by atoms with E-state index in [0.29, 0.717) is 5.56 Å². The molecular weight excluding hydrogens is 279 g/mol. The summed E-state index contributed by atoms with van der Waals surface area (Å²) in [6, 6.07) is 16.7. The molecule has 0 aliphatic heterocycles. The van der Waals surface area contributed by atoms with Gasteiger partial charge >= 0.3 is 0 Å². The maximum Gasteiger partial charge on any atom is 0.182 e. The van der Waals surface area contributed by atoms with E-state index in [1.54, 1.807) is 12.1 Å². The van der Waals surface area contributed by atoms with Crippen LogP contribution in [0.5, 0.6) is 0 Å². The molecule has 0 heterocycles. The summed E-state index contributed by atoms with van der Waals surface area (Å²) in [5.41, 5.74) is 2.55. The molecule has 1 nitrogen and oxygen atoms in total. The van der Waals surface area contributed by atoms with Gasteiger partial charge in [0.1, 0.15) is 5.38 Å². The van der Waals surface area contributed by atoms with Crippen LogP contribution < -0.4 is 0 Å². The summed E-state index contributed by atoms with van der Waals surface area (Å²) < 4.78 is 0. The number of halogens is 2. The molecule has 0 unspecified atom stereocenters. The summed E-state index contributed by atoms with van der Waals surface area (Å²) in [6.07, 6.45) is 0. The van der Waals surface area contributed by atoms with Crippen molar-refractivity contribution in [3.05, 3.63) is 71.3 Å². The number of hydrogen-bond donors (Lipinski definition) is 0. The van der Waals surface area contributed by atoms with Gasteiger partial charge in [-0.3, -0.25) is 4.79 Å². The van der Waals surface area contributed by atoms with E-state index in [1.165, 1.54) is 0 Å². The second-order valence-corrected chi connectivity index (χ2v) is 5.38. The molecule has 19 heavy (non-hydrogen) atoms. The fourth-order valence-corrected chi connectivity index (χ4v) is 2.35. The molecule has 2 aromatic carbocycles. The lowest BCUT2D eigenvalue weighted by atomic mass is 10.0. The predicted octanol–water partition coefficient (Wildman–Crippen LogP) is 4.77. The predicted molar refractivity (Wildman–Crippen MR) is 80.2 cm³/mol. The highest BCUT2D eigenvalue weighted by atomic mass is 35.5. The van der Waals surface area contributed by atoms with Gasteiger partial charge in [-0.1, -0.05) is 60.2 Å². The standard InChI is InChI=1S/C16H14Cl2O/c1-11-7-9-13(10-8-11)16(19)15(18)14(17)12-5-3-2-4-6-12/h2-10,14-15H,1H3/t14-,15-/m1/s1. The van der Waals surface area contributed by atoms with E-state index in [9.17, 15) is 4.79 Å². The maximum atomic E-state index is 12.3. The van der Waals surface area contributed by atoms with E-state index in [0.717, 1.165) is 11.1 Å². The zero-order valence-electron chi connectivity index (χ0n) is 10.5. The first-order chi connectivity index (χ1) is 9.09. The Morgan fingerprint density at radius 3 is 2.11 bits per heavy atom. The quantitative estimate of drug-likeness (QED) is 0.586. The van der Waals surface area contributed by atoms with E-state index in [-0.39, 0.29) is 5.78 Å². The molecule has 0 aliphatic carbocycles. The second-order valence-electron chi connectivity index (χ2n) is 4.44. The van der Waals surface area contributed by atoms with Crippen molar-refractivity contribution in [1.29, 1.82) is 0 Å². The molecule has 0 saturated heterocycles. The molecule has 0 aliphatic rings. The van der Waals surface area contributed by atoms with Crippen molar-refractivity contribution in [2.75, 3.05) is 0 Å². The lowest BCUT2D eigenvalue weighted by molar-refractivity contribution is 0.0985. The van der Waals surface area contributed by atoms with Crippen molar-refractivity contribution in [3.8, 4) is 0 Å². The Morgan fingerprint density at radius 1 is 0.947 bits per heavy atom. The Labute approximate surface area is 123 Å². The van der Waals surface area contributed by atoms with Gasteiger partial charge in [-0.05, 0) is 12.5 Å². The number of benzene rings is 2. The van der Waals surface area contributed by atoms with Crippen molar-refractivity contribution in [3.63, 3.8) is 0 Å². The number of rotatable bonds is 4. The molecule has 0 spiro atoms. The molecule has 3 heteroatoms. The zero-order chi connectivity index (χ0) is 13.8. The van der Waals surface area contributed by atoms with Gasteiger partial charge in [-0.2, -0.15) is 0 Å². The minimum Gasteiger partial charge on any atom is -0.292 e. The van der Waals surface area contributed by atoms with Gasteiger partial charge in [0.15, 0.2) is 5.78 Å². The number of aryl methyl sites for hydroxylation is 1. The highest BCUT2D eigenvalue weighted by Gasteiger charge is 2.26. The number of carbonyl (C=O) groups is 1. The summed E-state index contributed by atoms with van der Waals surface area (Å²) in [5, 5.41) is -1.30. The highest BCUT2D eigenvalue weighted by molar-refractivity contribution is 6.39. The summed E-state index contributed by atoms with van der Waals surface area (Å²) in [4.78, 5) is 12.3. The van der Waals surface area contributed by atoms with E-state index >= 15 is 0 Å².